The number of nitrogens with zero attached hydrogens (tertiary/aromatic N) is 1. The van der Waals surface area contributed by atoms with Crippen LogP contribution < -0.4 is 5.73 Å². The van der Waals surface area contributed by atoms with Gasteiger partial charge in [-0.1, -0.05) is 6.08 Å². The highest BCUT2D eigenvalue weighted by Gasteiger charge is 2.17. The lowest BCUT2D eigenvalue weighted by atomic mass is 10.3. The first-order valence-electron chi connectivity index (χ1n) is 3.37. The van der Waals surface area contributed by atoms with Crippen LogP contribution in [0.4, 0.5) is 0 Å². The SMILES string of the molecule is C=CCN1CCC([NH])C1. The molecule has 0 bridgehead atoms. The quantitative estimate of drug-likeness (QED) is 0.494. The van der Waals surface area contributed by atoms with Crippen LogP contribution in [0.1, 0.15) is 6.42 Å². The van der Waals surface area contributed by atoms with Crippen LogP contribution in [0.15, 0.2) is 12.7 Å². The van der Waals surface area contributed by atoms with E-state index < -0.39 is 0 Å². The van der Waals surface area contributed by atoms with Crippen molar-refractivity contribution < 1.29 is 0 Å². The van der Waals surface area contributed by atoms with Gasteiger partial charge >= 0.3 is 0 Å². The van der Waals surface area contributed by atoms with Gasteiger partial charge in [0.15, 0.2) is 0 Å². The molecule has 0 amide bonds. The largest absolute Gasteiger partial charge is 0.298 e. The van der Waals surface area contributed by atoms with E-state index in [1.54, 1.807) is 0 Å². The topological polar surface area (TPSA) is 27.0 Å². The first-order valence-corrected chi connectivity index (χ1v) is 3.37. The van der Waals surface area contributed by atoms with E-state index in [0.717, 1.165) is 26.1 Å². The molecular formula is C7H13N2. The van der Waals surface area contributed by atoms with Gasteiger partial charge in [0.1, 0.15) is 0 Å². The third-order valence-corrected chi connectivity index (χ3v) is 1.66. The van der Waals surface area contributed by atoms with Crippen molar-refractivity contribution in [3.05, 3.63) is 12.7 Å². The van der Waals surface area contributed by atoms with E-state index in [0.29, 0.717) is 0 Å². The van der Waals surface area contributed by atoms with E-state index in [4.69, 9.17) is 5.73 Å². The number of nitrogens with one attached hydrogen (secondary N) is 1. The number of rotatable bonds is 2. The zero-order valence-electron chi connectivity index (χ0n) is 5.64. The van der Waals surface area contributed by atoms with Crippen LogP contribution in [0.25, 0.3) is 0 Å². The first-order chi connectivity index (χ1) is 4.33. The summed E-state index contributed by atoms with van der Waals surface area (Å²) in [7, 11) is 0. The van der Waals surface area contributed by atoms with Crippen LogP contribution in [-0.4, -0.2) is 30.6 Å². The van der Waals surface area contributed by atoms with Crippen molar-refractivity contribution in [2.75, 3.05) is 19.6 Å². The van der Waals surface area contributed by atoms with E-state index in [1.807, 2.05) is 6.08 Å². The third kappa shape index (κ3) is 1.80. The molecule has 1 saturated heterocycles. The normalized spacial score (nSPS) is 28.8. The van der Waals surface area contributed by atoms with Gasteiger partial charge in [-0.05, 0) is 6.42 Å². The average Bonchev–Trinajstić information content (AvgIpc) is 2.17. The fraction of sp³-hybridized carbons (Fsp3) is 0.714. The zero-order chi connectivity index (χ0) is 6.69. The van der Waals surface area contributed by atoms with Crippen molar-refractivity contribution in [1.82, 2.24) is 10.6 Å². The second kappa shape index (κ2) is 2.99. The van der Waals surface area contributed by atoms with E-state index in [1.165, 1.54) is 0 Å². The van der Waals surface area contributed by atoms with Crippen LogP contribution in [0.2, 0.25) is 0 Å². The molecule has 1 N–H and O–H groups in total. The van der Waals surface area contributed by atoms with Crippen molar-refractivity contribution in [2.45, 2.75) is 12.5 Å². The van der Waals surface area contributed by atoms with Gasteiger partial charge in [-0.3, -0.25) is 10.6 Å². The molecule has 0 aromatic carbocycles. The molecule has 0 aromatic heterocycles. The van der Waals surface area contributed by atoms with Gasteiger partial charge in [0.25, 0.3) is 0 Å². The molecule has 1 atom stereocenters. The highest BCUT2D eigenvalue weighted by molar-refractivity contribution is 4.82. The maximum atomic E-state index is 7.36. The van der Waals surface area contributed by atoms with Crippen molar-refractivity contribution in [1.29, 1.82) is 0 Å². The summed E-state index contributed by atoms with van der Waals surface area (Å²) < 4.78 is 0. The number of likely N-dealkylation sites (tertiary alicyclic amines) is 1. The van der Waals surface area contributed by atoms with Crippen LogP contribution in [0, 0.1) is 0 Å². The Kier molecular flexibility index (Phi) is 2.25. The molecule has 1 unspecified atom stereocenters. The molecule has 1 aliphatic heterocycles. The van der Waals surface area contributed by atoms with Gasteiger partial charge in [-0.15, -0.1) is 6.58 Å². The lowest BCUT2D eigenvalue weighted by Crippen LogP contribution is -2.22. The fourth-order valence-electron chi connectivity index (χ4n) is 1.18. The summed E-state index contributed by atoms with van der Waals surface area (Å²) in [5.41, 5.74) is 7.36. The molecule has 0 aromatic rings. The minimum absolute atomic E-state index is 0.157. The van der Waals surface area contributed by atoms with E-state index in [-0.39, 0.29) is 6.04 Å². The van der Waals surface area contributed by atoms with Gasteiger partial charge in [-0.2, -0.15) is 0 Å². The van der Waals surface area contributed by atoms with Gasteiger partial charge < -0.3 is 0 Å². The molecule has 9 heavy (non-hydrogen) atoms. The molecular weight excluding hydrogens is 112 g/mol. The molecule has 2 heteroatoms. The Balaban J connectivity index is 2.21. The Hall–Kier alpha value is -0.340. The monoisotopic (exact) mass is 125 g/mol. The smallest absolute Gasteiger partial charge is 0.0352 e. The summed E-state index contributed by atoms with van der Waals surface area (Å²) in [5.74, 6) is 0. The van der Waals surface area contributed by atoms with Crippen LogP contribution >= 0.6 is 0 Å². The summed E-state index contributed by atoms with van der Waals surface area (Å²) in [6.45, 7) is 6.62. The Bertz CT molecular complexity index is 101. The second-order valence-corrected chi connectivity index (χ2v) is 2.53. The highest BCUT2D eigenvalue weighted by Crippen LogP contribution is 2.06. The molecule has 0 aliphatic carbocycles. The summed E-state index contributed by atoms with van der Waals surface area (Å²) >= 11 is 0. The predicted molar refractivity (Wildman–Crippen MR) is 38.1 cm³/mol. The third-order valence-electron chi connectivity index (χ3n) is 1.66. The van der Waals surface area contributed by atoms with E-state index in [9.17, 15) is 0 Å². The molecule has 2 nitrogen and oxygen atoms in total. The van der Waals surface area contributed by atoms with Crippen molar-refractivity contribution in [3.8, 4) is 0 Å². The van der Waals surface area contributed by atoms with Gasteiger partial charge in [0.2, 0.25) is 0 Å². The summed E-state index contributed by atoms with van der Waals surface area (Å²) in [4.78, 5) is 2.25. The standard InChI is InChI=1S/C7H13N2/c1-2-4-9-5-3-7(8)6-9/h2,7-8H,1,3-6H2. The molecule has 1 fully saturated rings. The first kappa shape index (κ1) is 6.78. The van der Waals surface area contributed by atoms with E-state index >= 15 is 0 Å². The minimum Gasteiger partial charge on any atom is -0.298 e. The van der Waals surface area contributed by atoms with Crippen molar-refractivity contribution >= 4 is 0 Å². The van der Waals surface area contributed by atoms with Gasteiger partial charge in [0.05, 0.1) is 0 Å². The summed E-state index contributed by atoms with van der Waals surface area (Å²) in [6.07, 6.45) is 2.94. The maximum absolute atomic E-state index is 7.36. The Morgan fingerprint density at radius 1 is 1.78 bits per heavy atom. The minimum atomic E-state index is 0.157. The Labute approximate surface area is 56.3 Å². The number of hydrogen-bond acceptors (Lipinski definition) is 1. The lowest BCUT2D eigenvalue weighted by Gasteiger charge is -2.10. The average molecular weight is 125 g/mol. The molecule has 1 rings (SSSR count). The molecule has 1 heterocycles. The van der Waals surface area contributed by atoms with Crippen molar-refractivity contribution in [3.63, 3.8) is 0 Å². The Morgan fingerprint density at radius 2 is 2.56 bits per heavy atom. The van der Waals surface area contributed by atoms with Crippen LogP contribution in [0.3, 0.4) is 0 Å². The second-order valence-electron chi connectivity index (χ2n) is 2.53. The molecule has 51 valence electrons. The highest BCUT2D eigenvalue weighted by atomic mass is 15.2. The molecule has 1 radical (unpaired) electrons. The van der Waals surface area contributed by atoms with Crippen LogP contribution in [0.5, 0.6) is 0 Å². The van der Waals surface area contributed by atoms with Gasteiger partial charge in [-0.25, -0.2) is 0 Å². The predicted octanol–water partition coefficient (Wildman–Crippen LogP) is 0.530. The van der Waals surface area contributed by atoms with E-state index in [2.05, 4.69) is 11.5 Å². The fourth-order valence-corrected chi connectivity index (χ4v) is 1.18. The summed E-state index contributed by atoms with van der Waals surface area (Å²) in [5, 5.41) is 0. The lowest BCUT2D eigenvalue weighted by molar-refractivity contribution is 0.371. The maximum Gasteiger partial charge on any atom is 0.0352 e. The zero-order valence-corrected chi connectivity index (χ0v) is 5.64. The van der Waals surface area contributed by atoms with Crippen LogP contribution in [-0.2, 0) is 0 Å². The van der Waals surface area contributed by atoms with Crippen molar-refractivity contribution in [2.24, 2.45) is 0 Å². The number of hydrogen-bond donors (Lipinski definition) is 0. The Morgan fingerprint density at radius 3 is 3.00 bits per heavy atom. The summed E-state index contributed by atoms with van der Waals surface area (Å²) in [6, 6.07) is 0.157. The molecule has 0 saturated carbocycles. The van der Waals surface area contributed by atoms with Gasteiger partial charge in [0, 0.05) is 25.7 Å². The molecule has 0 spiro atoms. The molecule has 1 aliphatic rings.